The van der Waals surface area contributed by atoms with Gasteiger partial charge in [-0.25, -0.2) is 4.39 Å². The van der Waals surface area contributed by atoms with Gasteiger partial charge in [-0.3, -0.25) is 9.69 Å². The maximum Gasteiger partial charge on any atom is 0.234 e. The minimum Gasteiger partial charge on any atom is -0.389 e. The number of halogens is 2. The van der Waals surface area contributed by atoms with Gasteiger partial charge in [0.1, 0.15) is 5.82 Å². The molecule has 0 atom stereocenters. The van der Waals surface area contributed by atoms with E-state index < -0.39 is 11.4 Å². The third-order valence-corrected chi connectivity index (χ3v) is 2.87. The van der Waals surface area contributed by atoms with Crippen LogP contribution in [0.5, 0.6) is 0 Å². The number of amides is 1. The Hall–Kier alpha value is -1.17. The van der Waals surface area contributed by atoms with E-state index in [1.165, 1.54) is 6.07 Å². The number of carbonyl (C=O) groups excluding carboxylic acids is 1. The summed E-state index contributed by atoms with van der Waals surface area (Å²) < 4.78 is 13.6. The first-order chi connectivity index (χ1) is 9.19. The Labute approximate surface area is 123 Å². The number of hydrogen-bond acceptors (Lipinski definition) is 3. The highest BCUT2D eigenvalue weighted by atomic mass is 35.5. The van der Waals surface area contributed by atoms with Gasteiger partial charge in [-0.05, 0) is 27.0 Å². The molecule has 0 heterocycles. The van der Waals surface area contributed by atoms with Gasteiger partial charge < -0.3 is 10.4 Å². The van der Waals surface area contributed by atoms with Crippen LogP contribution in [0.4, 0.5) is 4.39 Å². The van der Waals surface area contributed by atoms with Crippen molar-refractivity contribution in [1.29, 1.82) is 0 Å². The predicted molar refractivity (Wildman–Crippen MR) is 77.1 cm³/mol. The Bertz CT molecular complexity index is 475. The second-order valence-corrected chi connectivity index (χ2v) is 5.88. The van der Waals surface area contributed by atoms with Gasteiger partial charge >= 0.3 is 0 Å². The van der Waals surface area contributed by atoms with Crippen molar-refractivity contribution in [1.82, 2.24) is 10.2 Å². The van der Waals surface area contributed by atoms with Crippen molar-refractivity contribution in [3.05, 3.63) is 34.6 Å². The fourth-order valence-corrected chi connectivity index (χ4v) is 2.09. The Balaban J connectivity index is 2.46. The molecular weight excluding hydrogens is 283 g/mol. The van der Waals surface area contributed by atoms with Crippen molar-refractivity contribution >= 4 is 17.5 Å². The third kappa shape index (κ3) is 5.86. The van der Waals surface area contributed by atoms with Gasteiger partial charge in [-0.1, -0.05) is 23.7 Å². The molecule has 1 amide bonds. The normalized spacial score (nSPS) is 11.8. The second-order valence-electron chi connectivity index (χ2n) is 5.47. The van der Waals surface area contributed by atoms with Gasteiger partial charge in [0.15, 0.2) is 0 Å². The Kier molecular flexibility index (Phi) is 5.92. The summed E-state index contributed by atoms with van der Waals surface area (Å²) in [5.74, 6) is -0.754. The highest BCUT2D eigenvalue weighted by Crippen LogP contribution is 2.17. The van der Waals surface area contributed by atoms with Crippen molar-refractivity contribution in [3.63, 3.8) is 0 Å². The summed E-state index contributed by atoms with van der Waals surface area (Å²) in [7, 11) is 1.73. The molecule has 0 aliphatic rings. The van der Waals surface area contributed by atoms with E-state index in [0.29, 0.717) is 12.1 Å². The molecule has 0 spiro atoms. The standard InChI is InChI=1S/C14H20ClFN2O2/c1-14(2,20)9-18(3)8-12(19)17-7-10-5-4-6-11(15)13(10)16/h4-6,20H,7-9H2,1-3H3,(H,17,19). The predicted octanol–water partition coefficient (Wildman–Crippen LogP) is 1.80. The first-order valence-electron chi connectivity index (χ1n) is 6.29. The largest absolute Gasteiger partial charge is 0.389 e. The fraction of sp³-hybridized carbons (Fsp3) is 0.500. The Morgan fingerprint density at radius 2 is 2.15 bits per heavy atom. The minimum absolute atomic E-state index is 0.0379. The summed E-state index contributed by atoms with van der Waals surface area (Å²) in [4.78, 5) is 13.4. The van der Waals surface area contributed by atoms with Crippen LogP contribution in [0.3, 0.4) is 0 Å². The second kappa shape index (κ2) is 7.02. The molecule has 0 fully saturated rings. The molecule has 1 rings (SSSR count). The molecule has 1 aromatic carbocycles. The number of hydrogen-bond donors (Lipinski definition) is 2. The van der Waals surface area contributed by atoms with Crippen molar-refractivity contribution in [2.24, 2.45) is 0 Å². The van der Waals surface area contributed by atoms with Crippen LogP contribution in [0.15, 0.2) is 18.2 Å². The number of carbonyl (C=O) groups is 1. The van der Waals surface area contributed by atoms with Crippen LogP contribution >= 0.6 is 11.6 Å². The number of aliphatic hydroxyl groups is 1. The molecule has 112 valence electrons. The van der Waals surface area contributed by atoms with Crippen LogP contribution < -0.4 is 5.32 Å². The third-order valence-electron chi connectivity index (χ3n) is 2.58. The highest BCUT2D eigenvalue weighted by molar-refractivity contribution is 6.30. The SMILES string of the molecule is CN(CC(=O)NCc1cccc(Cl)c1F)CC(C)(C)O. The van der Waals surface area contributed by atoms with E-state index in [1.54, 1.807) is 37.9 Å². The summed E-state index contributed by atoms with van der Waals surface area (Å²) >= 11 is 5.66. The van der Waals surface area contributed by atoms with Crippen LogP contribution in [0.2, 0.25) is 5.02 Å². The summed E-state index contributed by atoms with van der Waals surface area (Å²) in [6.45, 7) is 3.92. The van der Waals surface area contributed by atoms with E-state index in [-0.39, 0.29) is 24.0 Å². The molecule has 0 unspecified atom stereocenters. The summed E-state index contributed by atoms with van der Waals surface area (Å²) in [6.07, 6.45) is 0. The minimum atomic E-state index is -0.867. The average molecular weight is 303 g/mol. The molecule has 6 heteroatoms. The summed E-state index contributed by atoms with van der Waals surface area (Å²) in [5, 5.41) is 12.3. The Morgan fingerprint density at radius 3 is 2.75 bits per heavy atom. The number of nitrogens with zero attached hydrogens (tertiary/aromatic N) is 1. The van der Waals surface area contributed by atoms with E-state index in [1.807, 2.05) is 0 Å². The molecule has 0 aliphatic heterocycles. The van der Waals surface area contributed by atoms with Crippen LogP contribution in [0.1, 0.15) is 19.4 Å². The molecule has 0 radical (unpaired) electrons. The molecule has 0 saturated carbocycles. The monoisotopic (exact) mass is 302 g/mol. The van der Waals surface area contributed by atoms with Gasteiger partial charge in [-0.2, -0.15) is 0 Å². The van der Waals surface area contributed by atoms with Gasteiger partial charge in [0.05, 0.1) is 17.2 Å². The summed E-state index contributed by atoms with van der Waals surface area (Å²) in [6, 6.07) is 4.66. The number of nitrogens with one attached hydrogen (secondary N) is 1. The first-order valence-corrected chi connectivity index (χ1v) is 6.67. The van der Waals surface area contributed by atoms with Crippen molar-refractivity contribution in [3.8, 4) is 0 Å². The molecule has 0 saturated heterocycles. The lowest BCUT2D eigenvalue weighted by molar-refractivity contribution is -0.122. The zero-order valence-electron chi connectivity index (χ0n) is 11.9. The lowest BCUT2D eigenvalue weighted by Crippen LogP contribution is -2.41. The molecule has 1 aromatic rings. The molecule has 0 aliphatic carbocycles. The maximum atomic E-state index is 13.6. The summed E-state index contributed by atoms with van der Waals surface area (Å²) in [5.41, 5.74) is -0.523. The lowest BCUT2D eigenvalue weighted by Gasteiger charge is -2.24. The number of benzene rings is 1. The quantitative estimate of drug-likeness (QED) is 0.842. The van der Waals surface area contributed by atoms with Crippen LogP contribution in [0, 0.1) is 5.82 Å². The van der Waals surface area contributed by atoms with Gasteiger partial charge in [0.2, 0.25) is 5.91 Å². The fourth-order valence-electron chi connectivity index (χ4n) is 1.90. The molecule has 4 nitrogen and oxygen atoms in total. The van der Waals surface area contributed by atoms with Crippen molar-refractivity contribution < 1.29 is 14.3 Å². The van der Waals surface area contributed by atoms with Crippen molar-refractivity contribution in [2.75, 3.05) is 20.1 Å². The molecule has 0 aromatic heterocycles. The molecule has 20 heavy (non-hydrogen) atoms. The average Bonchev–Trinajstić information content (AvgIpc) is 2.28. The molecular formula is C14H20ClFN2O2. The maximum absolute atomic E-state index is 13.6. The van der Waals surface area contributed by atoms with Gasteiger partial charge in [0, 0.05) is 18.7 Å². The first kappa shape index (κ1) is 16.9. The highest BCUT2D eigenvalue weighted by Gasteiger charge is 2.17. The van der Waals surface area contributed by atoms with E-state index >= 15 is 0 Å². The van der Waals surface area contributed by atoms with E-state index in [0.717, 1.165) is 0 Å². The van der Waals surface area contributed by atoms with Crippen molar-refractivity contribution in [2.45, 2.75) is 26.0 Å². The number of likely N-dealkylation sites (N-methyl/N-ethyl adjacent to an activating group) is 1. The number of rotatable bonds is 6. The zero-order chi connectivity index (χ0) is 15.3. The molecule has 2 N–H and O–H groups in total. The van der Waals surface area contributed by atoms with Crippen LogP contribution in [0.25, 0.3) is 0 Å². The zero-order valence-corrected chi connectivity index (χ0v) is 12.7. The van der Waals surface area contributed by atoms with Crippen LogP contribution in [-0.4, -0.2) is 41.7 Å². The smallest absolute Gasteiger partial charge is 0.234 e. The van der Waals surface area contributed by atoms with Crippen LogP contribution in [-0.2, 0) is 11.3 Å². The van der Waals surface area contributed by atoms with E-state index in [9.17, 15) is 14.3 Å². The van der Waals surface area contributed by atoms with E-state index in [4.69, 9.17) is 11.6 Å². The lowest BCUT2D eigenvalue weighted by atomic mass is 10.1. The van der Waals surface area contributed by atoms with E-state index in [2.05, 4.69) is 5.32 Å². The Morgan fingerprint density at radius 1 is 1.50 bits per heavy atom. The van der Waals surface area contributed by atoms with Gasteiger partial charge in [0.25, 0.3) is 0 Å². The topological polar surface area (TPSA) is 52.6 Å². The molecule has 0 bridgehead atoms. The van der Waals surface area contributed by atoms with Gasteiger partial charge in [-0.15, -0.1) is 0 Å².